The van der Waals surface area contributed by atoms with Gasteiger partial charge in [0.05, 0.1) is 18.8 Å². The van der Waals surface area contributed by atoms with E-state index in [2.05, 4.69) is 13.8 Å². The summed E-state index contributed by atoms with van der Waals surface area (Å²) in [4.78, 5) is 11.0. The van der Waals surface area contributed by atoms with Gasteiger partial charge in [0.25, 0.3) is 0 Å². The van der Waals surface area contributed by atoms with Crippen molar-refractivity contribution in [3.05, 3.63) is 48.0 Å². The van der Waals surface area contributed by atoms with Crippen molar-refractivity contribution in [2.75, 3.05) is 13.2 Å². The normalized spacial score (nSPS) is 10.4. The summed E-state index contributed by atoms with van der Waals surface area (Å²) in [5, 5.41) is 9.02. The van der Waals surface area contributed by atoms with Crippen LogP contribution in [0.15, 0.2) is 42.5 Å². The second-order valence-electron chi connectivity index (χ2n) is 5.59. The summed E-state index contributed by atoms with van der Waals surface area (Å²) in [5.74, 6) is 0.624. The van der Waals surface area contributed by atoms with Crippen LogP contribution in [0.3, 0.4) is 0 Å². The molecule has 0 amide bonds. The highest BCUT2D eigenvalue weighted by Gasteiger charge is 2.10. The second-order valence-corrected chi connectivity index (χ2v) is 5.59. The molecule has 0 aliphatic carbocycles. The quantitative estimate of drug-likeness (QED) is 0.657. The van der Waals surface area contributed by atoms with Crippen LogP contribution in [0.25, 0.3) is 11.1 Å². The van der Waals surface area contributed by atoms with Crippen molar-refractivity contribution in [2.45, 2.75) is 33.1 Å². The number of ether oxygens (including phenoxy) is 2. The van der Waals surface area contributed by atoms with Crippen molar-refractivity contribution in [1.29, 1.82) is 0 Å². The smallest absolute Gasteiger partial charge is 0.335 e. The molecule has 0 unspecified atom stereocenters. The van der Waals surface area contributed by atoms with Gasteiger partial charge in [0.2, 0.25) is 0 Å². The van der Waals surface area contributed by atoms with Crippen LogP contribution in [0.1, 0.15) is 43.5 Å². The monoisotopic (exact) mass is 328 g/mol. The van der Waals surface area contributed by atoms with Gasteiger partial charge in [-0.3, -0.25) is 0 Å². The van der Waals surface area contributed by atoms with E-state index in [0.717, 1.165) is 41.9 Å². The molecule has 128 valence electrons. The molecule has 0 spiro atoms. The summed E-state index contributed by atoms with van der Waals surface area (Å²) in [6.45, 7) is 5.50. The van der Waals surface area contributed by atoms with Crippen molar-refractivity contribution >= 4 is 5.97 Å². The molecule has 0 saturated carbocycles. The first-order valence-corrected chi connectivity index (χ1v) is 8.39. The summed E-state index contributed by atoms with van der Waals surface area (Å²) >= 11 is 0. The number of carboxylic acids is 1. The van der Waals surface area contributed by atoms with Crippen LogP contribution < -0.4 is 9.47 Å². The predicted molar refractivity (Wildman–Crippen MR) is 95.0 cm³/mol. The first-order chi connectivity index (χ1) is 11.7. The Labute approximate surface area is 143 Å². The maximum absolute atomic E-state index is 11.0. The minimum atomic E-state index is -0.927. The molecule has 0 aliphatic rings. The van der Waals surface area contributed by atoms with E-state index in [1.807, 2.05) is 18.2 Å². The zero-order valence-corrected chi connectivity index (χ0v) is 14.2. The van der Waals surface area contributed by atoms with Gasteiger partial charge in [-0.15, -0.1) is 0 Å². The van der Waals surface area contributed by atoms with Crippen molar-refractivity contribution in [1.82, 2.24) is 0 Å². The standard InChI is InChI=1S/C20H24O4/c1-3-5-13-24-19-14-17(23-12-4-2)10-11-18(19)15-6-8-16(9-7-15)20(21)22/h6-11,14H,3-5,12-13H2,1-2H3,(H,21,22). The number of hydrogen-bond donors (Lipinski definition) is 1. The van der Waals surface area contributed by atoms with Crippen LogP contribution >= 0.6 is 0 Å². The van der Waals surface area contributed by atoms with Gasteiger partial charge in [-0.05, 0) is 42.7 Å². The number of unbranched alkanes of at least 4 members (excludes halogenated alkanes) is 1. The molecule has 1 N–H and O–H groups in total. The molecule has 0 heterocycles. The maximum Gasteiger partial charge on any atom is 0.335 e. The molecule has 2 rings (SSSR count). The Morgan fingerprint density at radius 1 is 0.958 bits per heavy atom. The molecular formula is C20H24O4. The molecule has 0 aliphatic heterocycles. The van der Waals surface area contributed by atoms with E-state index in [1.54, 1.807) is 24.3 Å². The number of benzene rings is 2. The molecule has 4 heteroatoms. The van der Waals surface area contributed by atoms with Gasteiger partial charge >= 0.3 is 5.97 Å². The summed E-state index contributed by atoms with van der Waals surface area (Å²) in [5.41, 5.74) is 2.13. The highest BCUT2D eigenvalue weighted by molar-refractivity contribution is 5.88. The van der Waals surface area contributed by atoms with Crippen LogP contribution in [0.2, 0.25) is 0 Å². The Morgan fingerprint density at radius 3 is 2.33 bits per heavy atom. The average Bonchev–Trinajstić information content (AvgIpc) is 2.60. The molecule has 2 aromatic carbocycles. The molecule has 0 aromatic heterocycles. The van der Waals surface area contributed by atoms with Gasteiger partial charge in [-0.1, -0.05) is 32.4 Å². The number of hydrogen-bond acceptors (Lipinski definition) is 3. The third-order valence-electron chi connectivity index (χ3n) is 3.62. The largest absolute Gasteiger partial charge is 0.493 e. The van der Waals surface area contributed by atoms with E-state index >= 15 is 0 Å². The zero-order valence-electron chi connectivity index (χ0n) is 14.2. The van der Waals surface area contributed by atoms with Crippen LogP contribution in [0, 0.1) is 0 Å². The van der Waals surface area contributed by atoms with Crippen LogP contribution in [0.5, 0.6) is 11.5 Å². The van der Waals surface area contributed by atoms with Crippen LogP contribution in [0.4, 0.5) is 0 Å². The van der Waals surface area contributed by atoms with E-state index in [0.29, 0.717) is 13.2 Å². The second kappa shape index (κ2) is 8.96. The Bertz CT molecular complexity index is 662. The Balaban J connectivity index is 2.29. The first-order valence-electron chi connectivity index (χ1n) is 8.39. The van der Waals surface area contributed by atoms with Crippen LogP contribution in [-0.4, -0.2) is 24.3 Å². The third-order valence-corrected chi connectivity index (χ3v) is 3.62. The van der Waals surface area contributed by atoms with Gasteiger partial charge in [-0.25, -0.2) is 4.79 Å². The van der Waals surface area contributed by atoms with Crippen molar-refractivity contribution in [3.63, 3.8) is 0 Å². The van der Waals surface area contributed by atoms with Gasteiger partial charge < -0.3 is 14.6 Å². The number of carboxylic acid groups (broad SMARTS) is 1. The zero-order chi connectivity index (χ0) is 17.4. The molecule has 24 heavy (non-hydrogen) atoms. The Hall–Kier alpha value is -2.49. The Morgan fingerprint density at radius 2 is 1.71 bits per heavy atom. The number of rotatable bonds is 9. The van der Waals surface area contributed by atoms with E-state index in [-0.39, 0.29) is 5.56 Å². The first kappa shape index (κ1) is 17.9. The molecule has 2 aromatic rings. The van der Waals surface area contributed by atoms with Crippen LogP contribution in [-0.2, 0) is 0 Å². The number of carbonyl (C=O) groups is 1. The SMILES string of the molecule is CCCCOc1cc(OCCC)ccc1-c1ccc(C(=O)O)cc1. The molecule has 0 saturated heterocycles. The third kappa shape index (κ3) is 4.75. The lowest BCUT2D eigenvalue weighted by atomic mass is 10.0. The number of aromatic carboxylic acids is 1. The van der Waals surface area contributed by atoms with E-state index in [9.17, 15) is 4.79 Å². The maximum atomic E-state index is 11.0. The highest BCUT2D eigenvalue weighted by Crippen LogP contribution is 2.34. The van der Waals surface area contributed by atoms with Crippen molar-refractivity contribution in [2.24, 2.45) is 0 Å². The van der Waals surface area contributed by atoms with E-state index in [1.165, 1.54) is 0 Å². The summed E-state index contributed by atoms with van der Waals surface area (Å²) in [6, 6.07) is 12.6. The van der Waals surface area contributed by atoms with Gasteiger partial charge in [0.15, 0.2) is 0 Å². The molecule has 0 bridgehead atoms. The summed E-state index contributed by atoms with van der Waals surface area (Å²) < 4.78 is 11.6. The van der Waals surface area contributed by atoms with Gasteiger partial charge in [-0.2, -0.15) is 0 Å². The summed E-state index contributed by atoms with van der Waals surface area (Å²) in [6.07, 6.45) is 3.00. The Kier molecular flexibility index (Phi) is 6.67. The van der Waals surface area contributed by atoms with E-state index in [4.69, 9.17) is 14.6 Å². The lowest BCUT2D eigenvalue weighted by molar-refractivity contribution is 0.0697. The molecule has 0 radical (unpaired) electrons. The topological polar surface area (TPSA) is 55.8 Å². The fourth-order valence-electron chi connectivity index (χ4n) is 2.29. The van der Waals surface area contributed by atoms with Gasteiger partial charge in [0, 0.05) is 11.6 Å². The lowest BCUT2D eigenvalue weighted by Crippen LogP contribution is -2.01. The predicted octanol–water partition coefficient (Wildman–Crippen LogP) is 5.02. The van der Waals surface area contributed by atoms with E-state index < -0.39 is 5.97 Å². The molecule has 0 fully saturated rings. The van der Waals surface area contributed by atoms with Crippen molar-refractivity contribution < 1.29 is 19.4 Å². The molecule has 4 nitrogen and oxygen atoms in total. The van der Waals surface area contributed by atoms with Gasteiger partial charge in [0.1, 0.15) is 11.5 Å². The minimum absolute atomic E-state index is 0.273. The highest BCUT2D eigenvalue weighted by atomic mass is 16.5. The minimum Gasteiger partial charge on any atom is -0.493 e. The fourth-order valence-corrected chi connectivity index (χ4v) is 2.29. The fraction of sp³-hybridized carbons (Fsp3) is 0.350. The summed E-state index contributed by atoms with van der Waals surface area (Å²) in [7, 11) is 0. The lowest BCUT2D eigenvalue weighted by Gasteiger charge is -2.14. The molecule has 0 atom stereocenters. The average molecular weight is 328 g/mol. The van der Waals surface area contributed by atoms with Crippen molar-refractivity contribution in [3.8, 4) is 22.6 Å². The molecular weight excluding hydrogens is 304 g/mol.